The van der Waals surface area contributed by atoms with E-state index in [2.05, 4.69) is 20.2 Å². The highest BCUT2D eigenvalue weighted by molar-refractivity contribution is 5.69. The van der Waals surface area contributed by atoms with Crippen molar-refractivity contribution in [3.63, 3.8) is 0 Å². The molecule has 2 aliphatic heterocycles. The van der Waals surface area contributed by atoms with Crippen LogP contribution < -0.4 is 15.8 Å². The number of nitrogens with zero attached hydrogens (tertiary/aromatic N) is 3. The van der Waals surface area contributed by atoms with Gasteiger partial charge in [-0.05, 0) is 6.42 Å². The minimum absolute atomic E-state index is 0.0514. The van der Waals surface area contributed by atoms with Gasteiger partial charge in [0.05, 0.1) is 12.2 Å². The molecule has 0 saturated carbocycles. The molecule has 1 unspecified atom stereocenters. The Morgan fingerprint density at radius 1 is 1.32 bits per heavy atom. The van der Waals surface area contributed by atoms with Crippen LogP contribution in [0.3, 0.4) is 0 Å². The number of anilines is 1. The molecule has 1 aromatic rings. The van der Waals surface area contributed by atoms with Gasteiger partial charge in [-0.1, -0.05) is 0 Å². The molecule has 1 atom stereocenters. The largest absolute Gasteiger partial charge is 0.443 e. The van der Waals surface area contributed by atoms with Crippen molar-refractivity contribution in [2.75, 3.05) is 45.2 Å². The molecule has 22 heavy (non-hydrogen) atoms. The predicted octanol–water partition coefficient (Wildman–Crippen LogP) is -0.655. The molecule has 0 aliphatic carbocycles. The van der Waals surface area contributed by atoms with E-state index in [1.165, 1.54) is 0 Å². The highest BCUT2D eigenvalue weighted by Crippen LogP contribution is 2.14. The van der Waals surface area contributed by atoms with Gasteiger partial charge in [0, 0.05) is 45.7 Å². The molecule has 2 N–H and O–H groups in total. The summed E-state index contributed by atoms with van der Waals surface area (Å²) < 4.78 is 5.17. The number of carbonyl (C=O) groups is 1. The maximum Gasteiger partial charge on any atom is 0.407 e. The Balaban J connectivity index is 1.71. The summed E-state index contributed by atoms with van der Waals surface area (Å²) in [6.07, 6.45) is 0.933. The van der Waals surface area contributed by atoms with Crippen molar-refractivity contribution in [2.45, 2.75) is 18.9 Å². The second-order valence-corrected chi connectivity index (χ2v) is 5.92. The third-order valence-electron chi connectivity index (χ3n) is 4.06. The van der Waals surface area contributed by atoms with Crippen molar-refractivity contribution in [1.29, 1.82) is 0 Å². The van der Waals surface area contributed by atoms with Crippen molar-refractivity contribution in [2.24, 2.45) is 0 Å². The predicted molar refractivity (Wildman–Crippen MR) is 81.3 cm³/mol. The van der Waals surface area contributed by atoms with Gasteiger partial charge >= 0.3 is 6.09 Å². The van der Waals surface area contributed by atoms with E-state index >= 15 is 0 Å². The highest BCUT2D eigenvalue weighted by Gasteiger charge is 2.26. The van der Waals surface area contributed by atoms with Crippen molar-refractivity contribution < 1.29 is 9.53 Å². The van der Waals surface area contributed by atoms with E-state index in [0.29, 0.717) is 25.5 Å². The van der Waals surface area contributed by atoms with Crippen LogP contribution in [-0.4, -0.2) is 67.3 Å². The number of rotatable bonds is 3. The first-order valence-electron chi connectivity index (χ1n) is 7.49. The summed E-state index contributed by atoms with van der Waals surface area (Å²) in [5, 5.41) is 2.66. The van der Waals surface area contributed by atoms with E-state index in [1.807, 2.05) is 14.1 Å². The first kappa shape index (κ1) is 14.8. The lowest BCUT2D eigenvalue weighted by molar-refractivity contribution is 0.110. The monoisotopic (exact) mass is 307 g/mol. The van der Waals surface area contributed by atoms with Crippen LogP contribution in [0.2, 0.25) is 0 Å². The number of carbonyl (C=O) groups excluding carboxylic acids is 1. The highest BCUT2D eigenvalue weighted by atomic mass is 16.6. The van der Waals surface area contributed by atoms with Crippen LogP contribution in [0, 0.1) is 0 Å². The molecule has 120 valence electrons. The summed E-state index contributed by atoms with van der Waals surface area (Å²) in [6, 6.07) is 0. The fraction of sp³-hybridized carbons (Fsp3) is 0.643. The Bertz CT molecular complexity index is 627. The van der Waals surface area contributed by atoms with Gasteiger partial charge in [-0.3, -0.25) is 14.7 Å². The second-order valence-electron chi connectivity index (χ2n) is 5.92. The lowest BCUT2D eigenvalue weighted by Crippen LogP contribution is -2.36. The molecule has 1 saturated heterocycles. The fourth-order valence-corrected chi connectivity index (χ4v) is 2.86. The Morgan fingerprint density at radius 2 is 2.09 bits per heavy atom. The number of amides is 1. The van der Waals surface area contributed by atoms with Crippen LogP contribution in [0.1, 0.15) is 11.3 Å². The third-order valence-corrected chi connectivity index (χ3v) is 4.06. The normalized spacial score (nSPS) is 21.7. The smallest absolute Gasteiger partial charge is 0.407 e. The van der Waals surface area contributed by atoms with E-state index in [0.717, 1.165) is 30.8 Å². The molecule has 2 aliphatic rings. The SMILES string of the molecule is CN(C)c1nc2c(c(=O)[nH]1)CCN(CC1CNC(=O)O1)CC2. The summed E-state index contributed by atoms with van der Waals surface area (Å²) in [5.74, 6) is 0.589. The topological polar surface area (TPSA) is 90.6 Å². The minimum Gasteiger partial charge on any atom is -0.443 e. The average Bonchev–Trinajstić information content (AvgIpc) is 2.76. The number of fused-ring (bicyclic) bond motifs is 1. The van der Waals surface area contributed by atoms with Crippen LogP contribution in [0.25, 0.3) is 0 Å². The summed E-state index contributed by atoms with van der Waals surface area (Å²) in [7, 11) is 3.71. The fourth-order valence-electron chi connectivity index (χ4n) is 2.86. The molecule has 0 radical (unpaired) electrons. The van der Waals surface area contributed by atoms with E-state index in [4.69, 9.17) is 4.74 Å². The third kappa shape index (κ3) is 3.06. The number of ether oxygens (including phenoxy) is 1. The number of aromatic nitrogens is 2. The van der Waals surface area contributed by atoms with E-state index in [-0.39, 0.29) is 17.8 Å². The number of H-pyrrole nitrogens is 1. The molecule has 8 nitrogen and oxygen atoms in total. The average molecular weight is 307 g/mol. The molecule has 0 bridgehead atoms. The Labute approximate surface area is 128 Å². The van der Waals surface area contributed by atoms with Crippen molar-refractivity contribution in [3.8, 4) is 0 Å². The summed E-state index contributed by atoms with van der Waals surface area (Å²) in [6.45, 7) is 2.81. The standard InChI is InChI=1S/C14H21N5O3/c1-18(2)13-16-11-4-6-19(5-3-10(11)12(20)17-13)8-9-7-15-14(21)22-9/h9H,3-8H2,1-2H3,(H,15,21)(H,16,17,20). The molecular formula is C14H21N5O3. The number of cyclic esters (lactones) is 1. The van der Waals surface area contributed by atoms with Gasteiger partial charge in [0.2, 0.25) is 5.95 Å². The lowest BCUT2D eigenvalue weighted by Gasteiger charge is -2.21. The number of alkyl carbamates (subject to hydrolysis) is 1. The Hall–Kier alpha value is -2.09. The molecule has 8 heteroatoms. The van der Waals surface area contributed by atoms with Gasteiger partial charge in [-0.2, -0.15) is 0 Å². The van der Waals surface area contributed by atoms with Gasteiger partial charge in [-0.15, -0.1) is 0 Å². The maximum atomic E-state index is 12.2. The van der Waals surface area contributed by atoms with Crippen LogP contribution in [0.15, 0.2) is 4.79 Å². The van der Waals surface area contributed by atoms with Gasteiger partial charge < -0.3 is 15.0 Å². The molecule has 0 aromatic carbocycles. The van der Waals surface area contributed by atoms with Crippen molar-refractivity contribution in [3.05, 3.63) is 21.6 Å². The molecule has 1 aromatic heterocycles. The second kappa shape index (κ2) is 5.96. The zero-order valence-electron chi connectivity index (χ0n) is 12.9. The van der Waals surface area contributed by atoms with Gasteiger partial charge in [-0.25, -0.2) is 9.78 Å². The van der Waals surface area contributed by atoms with Gasteiger partial charge in [0.25, 0.3) is 5.56 Å². The van der Waals surface area contributed by atoms with Crippen LogP contribution >= 0.6 is 0 Å². The van der Waals surface area contributed by atoms with E-state index < -0.39 is 0 Å². The summed E-state index contributed by atoms with van der Waals surface area (Å²) in [4.78, 5) is 34.7. The number of hydrogen-bond acceptors (Lipinski definition) is 6. The number of nitrogens with one attached hydrogen (secondary N) is 2. The van der Waals surface area contributed by atoms with Crippen LogP contribution in [-0.2, 0) is 17.6 Å². The van der Waals surface area contributed by atoms with Crippen molar-refractivity contribution >= 4 is 12.0 Å². The maximum absolute atomic E-state index is 12.2. The Morgan fingerprint density at radius 3 is 2.77 bits per heavy atom. The zero-order valence-corrected chi connectivity index (χ0v) is 12.9. The van der Waals surface area contributed by atoms with Gasteiger partial charge in [0.1, 0.15) is 6.10 Å². The number of hydrogen-bond donors (Lipinski definition) is 2. The molecule has 3 rings (SSSR count). The molecule has 0 spiro atoms. The zero-order chi connectivity index (χ0) is 15.7. The first-order valence-corrected chi connectivity index (χ1v) is 7.49. The van der Waals surface area contributed by atoms with E-state index in [1.54, 1.807) is 4.90 Å². The quantitative estimate of drug-likeness (QED) is 0.771. The molecule has 1 amide bonds. The minimum atomic E-state index is -0.350. The first-order chi connectivity index (χ1) is 10.5. The molecule has 1 fully saturated rings. The van der Waals surface area contributed by atoms with E-state index in [9.17, 15) is 9.59 Å². The van der Waals surface area contributed by atoms with Crippen molar-refractivity contribution in [1.82, 2.24) is 20.2 Å². The van der Waals surface area contributed by atoms with Crippen LogP contribution in [0.4, 0.5) is 10.7 Å². The lowest BCUT2D eigenvalue weighted by atomic mass is 10.1. The summed E-state index contributed by atoms with van der Waals surface area (Å²) >= 11 is 0. The molecule has 3 heterocycles. The van der Waals surface area contributed by atoms with Crippen LogP contribution in [0.5, 0.6) is 0 Å². The summed E-state index contributed by atoms with van der Waals surface area (Å²) in [5.41, 5.74) is 1.59. The molecular weight excluding hydrogens is 286 g/mol. The Kier molecular flexibility index (Phi) is 4.02. The van der Waals surface area contributed by atoms with Gasteiger partial charge in [0.15, 0.2) is 0 Å². The number of aromatic amines is 1.